The normalized spacial score (nSPS) is 11.3. The Bertz CT molecular complexity index is 1020. The van der Waals surface area contributed by atoms with Crippen LogP contribution in [0, 0.1) is 10.6 Å². The fourth-order valence-corrected chi connectivity index (χ4v) is 2.51. The largest absolute Gasteiger partial charge is 0.377 e. The van der Waals surface area contributed by atoms with E-state index in [2.05, 4.69) is 9.97 Å². The lowest BCUT2D eigenvalue weighted by Crippen LogP contribution is -2.08. The molecule has 0 unspecified atom stereocenters. The Balaban J connectivity index is 2.15. The van der Waals surface area contributed by atoms with Crippen molar-refractivity contribution in [2.75, 3.05) is 0 Å². The van der Waals surface area contributed by atoms with Crippen molar-refractivity contribution >= 4 is 0 Å². The monoisotopic (exact) mass is 277 g/mol. The third-order valence-electron chi connectivity index (χ3n) is 3.54. The lowest BCUT2D eigenvalue weighted by atomic mass is 10.1. The van der Waals surface area contributed by atoms with E-state index in [1.165, 1.54) is 12.4 Å². The molecule has 0 bridgehead atoms. The predicted molar refractivity (Wildman–Crippen MR) is 76.9 cm³/mol. The summed E-state index contributed by atoms with van der Waals surface area (Å²) < 4.78 is 7.46. The van der Waals surface area contributed by atoms with Crippen LogP contribution in [0.4, 0.5) is 0 Å². The highest BCUT2D eigenvalue weighted by Gasteiger charge is 2.15. The number of imidazole rings is 1. The summed E-state index contributed by atoms with van der Waals surface area (Å²) in [6.07, 6.45) is 1.43. The summed E-state index contributed by atoms with van der Waals surface area (Å²) in [4.78, 5) is 20.5. The van der Waals surface area contributed by atoms with Crippen molar-refractivity contribution in [1.29, 1.82) is 0 Å². The number of hydrogen-bond acceptors (Lipinski definition) is 4. The summed E-state index contributed by atoms with van der Waals surface area (Å²) in [5, 5.41) is 0.514. The molecule has 1 aromatic carbocycles. The summed E-state index contributed by atoms with van der Waals surface area (Å²) >= 11 is 0. The first-order valence-electron chi connectivity index (χ1n) is 6.54. The van der Waals surface area contributed by atoms with Crippen molar-refractivity contribution in [2.24, 2.45) is 7.05 Å². The van der Waals surface area contributed by atoms with E-state index in [1.54, 1.807) is 11.8 Å². The van der Waals surface area contributed by atoms with Crippen LogP contribution in [0.25, 0.3) is 22.6 Å². The minimum absolute atomic E-state index is 0.112. The van der Waals surface area contributed by atoms with E-state index < -0.39 is 0 Å². The number of fused-ring (bicyclic) bond motifs is 2. The van der Waals surface area contributed by atoms with E-state index in [0.29, 0.717) is 22.0 Å². The van der Waals surface area contributed by atoms with Crippen molar-refractivity contribution in [3.63, 3.8) is 0 Å². The number of benzene rings is 1. The average molecular weight is 277 g/mol. The van der Waals surface area contributed by atoms with Gasteiger partial charge in [-0.3, -0.25) is 4.79 Å². The lowest BCUT2D eigenvalue weighted by molar-refractivity contribution is 0.275. The summed E-state index contributed by atoms with van der Waals surface area (Å²) in [6.45, 7) is 0. The van der Waals surface area contributed by atoms with Crippen LogP contribution in [-0.2, 0) is 7.05 Å². The topological polar surface area (TPSA) is 60.9 Å². The molecule has 0 saturated heterocycles. The van der Waals surface area contributed by atoms with Gasteiger partial charge in [0.15, 0.2) is 10.8 Å². The van der Waals surface area contributed by atoms with Gasteiger partial charge in [-0.1, -0.05) is 30.3 Å². The van der Waals surface area contributed by atoms with Gasteiger partial charge in [-0.15, -0.1) is 0 Å². The molecule has 0 fully saturated rings. The van der Waals surface area contributed by atoms with Crippen molar-refractivity contribution in [3.05, 3.63) is 69.6 Å². The van der Waals surface area contributed by atoms with Crippen LogP contribution < -0.4 is 5.43 Å². The number of rotatable bonds is 1. The first kappa shape index (κ1) is 11.8. The zero-order chi connectivity index (χ0) is 14.4. The zero-order valence-corrected chi connectivity index (χ0v) is 11.3. The fourth-order valence-electron chi connectivity index (χ4n) is 2.51. The molecule has 1 aliphatic carbocycles. The third kappa shape index (κ3) is 1.74. The van der Waals surface area contributed by atoms with Gasteiger partial charge in [0.25, 0.3) is 0 Å². The second-order valence-corrected chi connectivity index (χ2v) is 4.84. The van der Waals surface area contributed by atoms with Crippen LogP contribution >= 0.6 is 0 Å². The molecule has 102 valence electrons. The molecule has 5 heteroatoms. The van der Waals surface area contributed by atoms with Crippen LogP contribution in [0.5, 0.6) is 0 Å². The second-order valence-electron chi connectivity index (χ2n) is 4.84. The van der Waals surface area contributed by atoms with E-state index in [-0.39, 0.29) is 5.43 Å². The SMILES string of the molecule is Cn1oc2c3ncnc-3cc(=O)c=2cc1-c1ccccc1. The van der Waals surface area contributed by atoms with Gasteiger partial charge in [-0.05, 0) is 6.07 Å². The van der Waals surface area contributed by atoms with Gasteiger partial charge in [0, 0.05) is 18.7 Å². The molecule has 0 radical (unpaired) electrons. The third-order valence-corrected chi connectivity index (χ3v) is 3.54. The Morgan fingerprint density at radius 2 is 1.90 bits per heavy atom. The summed E-state index contributed by atoms with van der Waals surface area (Å²) in [5.74, 6) is 0. The predicted octanol–water partition coefficient (Wildman–Crippen LogP) is 2.26. The molecular formula is C16H11N3O2. The van der Waals surface area contributed by atoms with Gasteiger partial charge in [-0.25, -0.2) is 14.7 Å². The van der Waals surface area contributed by atoms with Gasteiger partial charge >= 0.3 is 0 Å². The Kier molecular flexibility index (Phi) is 2.41. The molecule has 0 amide bonds. The number of nitrogens with zero attached hydrogens (tertiary/aromatic N) is 3. The molecule has 0 saturated carbocycles. The summed E-state index contributed by atoms with van der Waals surface area (Å²) in [5.41, 5.74) is 3.35. The van der Waals surface area contributed by atoms with Crippen LogP contribution in [0.15, 0.2) is 58.1 Å². The minimum atomic E-state index is -0.112. The fraction of sp³-hybridized carbons (Fsp3) is 0.0625. The van der Waals surface area contributed by atoms with Crippen molar-refractivity contribution in [2.45, 2.75) is 0 Å². The van der Waals surface area contributed by atoms with Crippen molar-refractivity contribution in [3.8, 4) is 22.6 Å². The molecule has 2 heterocycles. The maximum Gasteiger partial charge on any atom is 0.194 e. The van der Waals surface area contributed by atoms with E-state index in [0.717, 1.165) is 11.3 Å². The standard InChI is InChI=1S/C16H11N3O2/c1-19-13(10-5-3-2-4-6-10)7-11-14(20)8-12-15(16(11)21-19)18-9-17-12/h2-9H,1H3. The number of hydrogen-bond donors (Lipinski definition) is 0. The van der Waals surface area contributed by atoms with E-state index in [9.17, 15) is 4.79 Å². The van der Waals surface area contributed by atoms with E-state index in [4.69, 9.17) is 4.52 Å². The minimum Gasteiger partial charge on any atom is -0.377 e. The Morgan fingerprint density at radius 3 is 2.71 bits per heavy atom. The second kappa shape index (κ2) is 4.28. The molecule has 3 aliphatic rings. The highest BCUT2D eigenvalue weighted by atomic mass is 16.5. The Hall–Kier alpha value is -2.95. The molecular weight excluding hydrogens is 266 g/mol. The van der Waals surface area contributed by atoms with Gasteiger partial charge in [0.1, 0.15) is 12.0 Å². The zero-order valence-electron chi connectivity index (χ0n) is 11.3. The Morgan fingerprint density at radius 1 is 1.10 bits per heavy atom. The molecule has 2 aliphatic heterocycles. The highest BCUT2D eigenvalue weighted by molar-refractivity contribution is 5.60. The average Bonchev–Trinajstić information content (AvgIpc) is 2.96. The van der Waals surface area contributed by atoms with Gasteiger partial charge < -0.3 is 4.52 Å². The van der Waals surface area contributed by atoms with Crippen LogP contribution in [-0.4, -0.2) is 14.7 Å². The van der Waals surface area contributed by atoms with E-state index in [1.807, 2.05) is 36.4 Å². The summed E-state index contributed by atoms with van der Waals surface area (Å²) in [7, 11) is 1.81. The molecule has 0 aromatic heterocycles. The van der Waals surface area contributed by atoms with Crippen molar-refractivity contribution < 1.29 is 4.52 Å². The van der Waals surface area contributed by atoms with Crippen molar-refractivity contribution in [1.82, 2.24) is 14.7 Å². The van der Waals surface area contributed by atoms with Crippen LogP contribution in [0.3, 0.4) is 0 Å². The van der Waals surface area contributed by atoms with Gasteiger partial charge in [0.2, 0.25) is 0 Å². The van der Waals surface area contributed by atoms with Crippen LogP contribution in [0.1, 0.15) is 0 Å². The molecule has 4 rings (SSSR count). The Labute approximate surface area is 119 Å². The summed E-state index contributed by atoms with van der Waals surface area (Å²) in [6, 6.07) is 13.1. The molecule has 0 atom stereocenters. The van der Waals surface area contributed by atoms with Crippen LogP contribution in [0.2, 0.25) is 0 Å². The molecule has 0 spiro atoms. The molecule has 5 nitrogen and oxygen atoms in total. The molecule has 1 aromatic rings. The number of aromatic nitrogens is 3. The first-order chi connectivity index (χ1) is 10.2. The maximum atomic E-state index is 12.2. The van der Waals surface area contributed by atoms with Gasteiger partial charge in [0.05, 0.1) is 16.6 Å². The quantitative estimate of drug-likeness (QED) is 0.535. The lowest BCUT2D eigenvalue weighted by Gasteiger charge is -2.09. The highest BCUT2D eigenvalue weighted by Crippen LogP contribution is 2.22. The molecule has 0 N–H and O–H groups in total. The molecule has 21 heavy (non-hydrogen) atoms. The maximum absolute atomic E-state index is 12.2. The smallest absolute Gasteiger partial charge is 0.194 e. The number of aryl methyl sites for hydroxylation is 1. The first-order valence-corrected chi connectivity index (χ1v) is 6.54. The van der Waals surface area contributed by atoms with E-state index >= 15 is 0 Å². The van der Waals surface area contributed by atoms with Gasteiger partial charge in [-0.2, -0.15) is 0 Å².